The van der Waals surface area contributed by atoms with Crippen LogP contribution in [-0.2, 0) is 0 Å². The Morgan fingerprint density at radius 1 is 1.44 bits per heavy atom. The molecule has 4 heteroatoms. The van der Waals surface area contributed by atoms with E-state index in [0.717, 1.165) is 16.3 Å². The van der Waals surface area contributed by atoms with Gasteiger partial charge in [0.25, 0.3) is 5.91 Å². The van der Waals surface area contributed by atoms with Gasteiger partial charge in [0, 0.05) is 12.6 Å². The lowest BCUT2D eigenvalue weighted by Gasteiger charge is -2.15. The zero-order valence-electron chi connectivity index (χ0n) is 10.2. The van der Waals surface area contributed by atoms with Crippen molar-refractivity contribution < 1.29 is 9.53 Å². The van der Waals surface area contributed by atoms with E-state index in [2.05, 4.69) is 13.8 Å². The smallest absolute Gasteiger partial charge is 0.267 e. The first-order chi connectivity index (χ1) is 7.47. The molecule has 0 bridgehead atoms. The van der Waals surface area contributed by atoms with E-state index in [1.54, 1.807) is 19.2 Å². The number of amides is 1. The van der Waals surface area contributed by atoms with E-state index in [1.807, 2.05) is 6.07 Å². The quantitative estimate of drug-likeness (QED) is 0.481. The van der Waals surface area contributed by atoms with Gasteiger partial charge in [0.2, 0.25) is 0 Å². The molecular weight excluding hydrogens is 204 g/mol. The van der Waals surface area contributed by atoms with E-state index >= 15 is 0 Å². The Labute approximate surface area is 96.0 Å². The lowest BCUT2D eigenvalue weighted by molar-refractivity contribution is 0.0795. The van der Waals surface area contributed by atoms with Crippen LogP contribution in [0.5, 0.6) is 5.75 Å². The van der Waals surface area contributed by atoms with E-state index in [4.69, 9.17) is 10.6 Å². The second-order valence-electron chi connectivity index (χ2n) is 4.03. The fourth-order valence-corrected chi connectivity index (χ4v) is 1.52. The van der Waals surface area contributed by atoms with Gasteiger partial charge in [0.1, 0.15) is 5.75 Å². The van der Waals surface area contributed by atoms with Crippen molar-refractivity contribution in [2.45, 2.75) is 19.8 Å². The van der Waals surface area contributed by atoms with Crippen molar-refractivity contribution in [3.63, 3.8) is 0 Å². The average molecular weight is 222 g/mol. The molecule has 0 radical (unpaired) electrons. The molecule has 0 saturated carbocycles. The summed E-state index contributed by atoms with van der Waals surface area (Å²) in [7, 11) is 3.15. The van der Waals surface area contributed by atoms with Crippen molar-refractivity contribution >= 4 is 5.91 Å². The summed E-state index contributed by atoms with van der Waals surface area (Å²) in [6.45, 7) is 4.11. The lowest BCUT2D eigenvalue weighted by Crippen LogP contribution is -2.33. The summed E-state index contributed by atoms with van der Waals surface area (Å²) in [5, 5.41) is 1.08. The van der Waals surface area contributed by atoms with Crippen molar-refractivity contribution in [1.29, 1.82) is 0 Å². The van der Waals surface area contributed by atoms with Crippen molar-refractivity contribution in [3.05, 3.63) is 29.3 Å². The molecule has 0 atom stereocenters. The number of rotatable bonds is 3. The highest BCUT2D eigenvalue weighted by atomic mass is 16.5. The largest absolute Gasteiger partial charge is 0.496 e. The van der Waals surface area contributed by atoms with Gasteiger partial charge in [0.15, 0.2) is 0 Å². The molecule has 0 spiro atoms. The molecule has 88 valence electrons. The van der Waals surface area contributed by atoms with Crippen LogP contribution in [0.3, 0.4) is 0 Å². The third-order valence-electron chi connectivity index (χ3n) is 2.42. The molecule has 1 aromatic carbocycles. The standard InChI is InChI=1S/C12H18N2O2/c1-8(2)10-7-9(12(15)14(3)13)5-6-11(10)16-4/h5-8H,13H2,1-4H3. The Kier molecular flexibility index (Phi) is 3.90. The second kappa shape index (κ2) is 4.99. The van der Waals surface area contributed by atoms with Crippen LogP contribution < -0.4 is 10.6 Å². The summed E-state index contributed by atoms with van der Waals surface area (Å²) in [5.74, 6) is 6.31. The van der Waals surface area contributed by atoms with Gasteiger partial charge < -0.3 is 4.74 Å². The fourth-order valence-electron chi connectivity index (χ4n) is 1.52. The monoisotopic (exact) mass is 222 g/mol. The Morgan fingerprint density at radius 2 is 2.06 bits per heavy atom. The average Bonchev–Trinajstić information content (AvgIpc) is 2.26. The van der Waals surface area contributed by atoms with Gasteiger partial charge in [-0.25, -0.2) is 5.84 Å². The maximum atomic E-state index is 11.7. The zero-order valence-corrected chi connectivity index (χ0v) is 10.2. The fraction of sp³-hybridized carbons (Fsp3) is 0.417. The van der Waals surface area contributed by atoms with Gasteiger partial charge in [-0.05, 0) is 29.7 Å². The Balaban J connectivity index is 3.17. The highest BCUT2D eigenvalue weighted by Gasteiger charge is 2.13. The molecule has 16 heavy (non-hydrogen) atoms. The first-order valence-electron chi connectivity index (χ1n) is 5.18. The summed E-state index contributed by atoms with van der Waals surface area (Å²) in [5.41, 5.74) is 1.59. The Morgan fingerprint density at radius 3 is 2.50 bits per heavy atom. The van der Waals surface area contributed by atoms with E-state index in [-0.39, 0.29) is 5.91 Å². The first-order valence-corrected chi connectivity index (χ1v) is 5.18. The molecular formula is C12H18N2O2. The molecule has 4 nitrogen and oxygen atoms in total. The molecule has 1 rings (SSSR count). The highest BCUT2D eigenvalue weighted by molar-refractivity contribution is 5.94. The molecule has 0 aromatic heterocycles. The Hall–Kier alpha value is -1.55. The van der Waals surface area contributed by atoms with Crippen LogP contribution in [-0.4, -0.2) is 25.1 Å². The van der Waals surface area contributed by atoms with Gasteiger partial charge in [-0.15, -0.1) is 0 Å². The molecule has 0 unspecified atom stereocenters. The zero-order chi connectivity index (χ0) is 12.3. The van der Waals surface area contributed by atoms with E-state index < -0.39 is 0 Å². The number of benzene rings is 1. The predicted molar refractivity (Wildman–Crippen MR) is 63.4 cm³/mol. The minimum Gasteiger partial charge on any atom is -0.496 e. The number of hydrogen-bond acceptors (Lipinski definition) is 3. The third-order valence-corrected chi connectivity index (χ3v) is 2.42. The van der Waals surface area contributed by atoms with Crippen LogP contribution in [0.2, 0.25) is 0 Å². The Bertz CT molecular complexity index is 387. The maximum Gasteiger partial charge on any atom is 0.267 e. The molecule has 2 N–H and O–H groups in total. The van der Waals surface area contributed by atoms with E-state index in [9.17, 15) is 4.79 Å². The highest BCUT2D eigenvalue weighted by Crippen LogP contribution is 2.27. The van der Waals surface area contributed by atoms with Gasteiger partial charge >= 0.3 is 0 Å². The molecule has 0 aliphatic rings. The van der Waals surface area contributed by atoms with Gasteiger partial charge in [-0.1, -0.05) is 13.8 Å². The first kappa shape index (κ1) is 12.5. The molecule has 0 fully saturated rings. The molecule has 0 aliphatic carbocycles. The van der Waals surface area contributed by atoms with Gasteiger partial charge in [-0.2, -0.15) is 0 Å². The van der Waals surface area contributed by atoms with Crippen LogP contribution in [0.1, 0.15) is 35.7 Å². The van der Waals surface area contributed by atoms with Crippen molar-refractivity contribution in [2.24, 2.45) is 5.84 Å². The molecule has 0 heterocycles. The number of hydrogen-bond donors (Lipinski definition) is 1. The summed E-state index contributed by atoms with van der Waals surface area (Å²) in [6, 6.07) is 5.34. The summed E-state index contributed by atoms with van der Waals surface area (Å²) >= 11 is 0. The number of nitrogens with zero attached hydrogens (tertiary/aromatic N) is 1. The minimum absolute atomic E-state index is 0.204. The van der Waals surface area contributed by atoms with Crippen molar-refractivity contribution in [2.75, 3.05) is 14.2 Å². The van der Waals surface area contributed by atoms with Crippen LogP contribution in [0.25, 0.3) is 0 Å². The molecule has 0 saturated heterocycles. The predicted octanol–water partition coefficient (Wildman–Crippen LogP) is 1.76. The topological polar surface area (TPSA) is 55.6 Å². The summed E-state index contributed by atoms with van der Waals surface area (Å²) < 4.78 is 5.25. The minimum atomic E-state index is -0.204. The van der Waals surface area contributed by atoms with Crippen LogP contribution in [0.15, 0.2) is 18.2 Å². The van der Waals surface area contributed by atoms with Gasteiger partial charge in [0.05, 0.1) is 7.11 Å². The van der Waals surface area contributed by atoms with E-state index in [0.29, 0.717) is 11.5 Å². The summed E-state index contributed by atoms with van der Waals surface area (Å²) in [6.07, 6.45) is 0. The third kappa shape index (κ3) is 2.52. The maximum absolute atomic E-state index is 11.7. The number of methoxy groups -OCH3 is 1. The number of ether oxygens (including phenoxy) is 1. The molecule has 0 aliphatic heterocycles. The van der Waals surface area contributed by atoms with Crippen LogP contribution in [0, 0.1) is 0 Å². The van der Waals surface area contributed by atoms with Crippen LogP contribution in [0.4, 0.5) is 0 Å². The number of nitrogens with two attached hydrogens (primary N) is 1. The summed E-state index contributed by atoms with van der Waals surface area (Å²) in [4.78, 5) is 11.7. The number of carbonyl (C=O) groups excluding carboxylic acids is 1. The van der Waals surface area contributed by atoms with E-state index in [1.165, 1.54) is 7.05 Å². The normalized spacial score (nSPS) is 10.4. The van der Waals surface area contributed by atoms with Crippen LogP contribution >= 0.6 is 0 Å². The van der Waals surface area contributed by atoms with Crippen molar-refractivity contribution in [1.82, 2.24) is 5.01 Å². The molecule has 1 aromatic rings. The lowest BCUT2D eigenvalue weighted by atomic mass is 9.99. The second-order valence-corrected chi connectivity index (χ2v) is 4.03. The SMILES string of the molecule is COc1ccc(C(=O)N(C)N)cc1C(C)C. The van der Waals surface area contributed by atoms with Gasteiger partial charge in [-0.3, -0.25) is 9.80 Å². The van der Waals surface area contributed by atoms with Crippen molar-refractivity contribution in [3.8, 4) is 5.75 Å². The number of carbonyl (C=O) groups is 1. The number of hydrazine groups is 1. The molecule has 1 amide bonds.